The lowest BCUT2D eigenvalue weighted by molar-refractivity contribution is -0.116. The summed E-state index contributed by atoms with van der Waals surface area (Å²) in [4.78, 5) is 43.6. The molecule has 1 heterocycles. The highest BCUT2D eigenvalue weighted by molar-refractivity contribution is 6.32. The quantitative estimate of drug-likeness (QED) is 0.240. The van der Waals surface area contributed by atoms with E-state index in [9.17, 15) is 19.5 Å². The molecule has 5 rings (SSSR count). The van der Waals surface area contributed by atoms with Crippen LogP contribution in [0.25, 0.3) is 0 Å². The number of benzene rings is 2. The second-order valence-electron chi connectivity index (χ2n) is 11.6. The molecule has 2 fully saturated rings. The third-order valence-electron chi connectivity index (χ3n) is 8.06. The van der Waals surface area contributed by atoms with Crippen molar-refractivity contribution >= 4 is 46.4 Å². The SMILES string of the molecule is CC(C)Oc1ccc(Nc2nc(=O)n(CCC(=O)Nc3ccc(O)c(Cl)c3)c(=O)n2CC2CCC3(CC2)CC3)cc1Cl. The molecular weight excluding hydrogens is 581 g/mol. The lowest BCUT2D eigenvalue weighted by atomic mass is 9.80. The third-order valence-corrected chi connectivity index (χ3v) is 8.66. The Balaban J connectivity index is 1.37. The van der Waals surface area contributed by atoms with Crippen LogP contribution in [0, 0.1) is 11.3 Å². The van der Waals surface area contributed by atoms with Crippen molar-refractivity contribution in [1.29, 1.82) is 0 Å². The Morgan fingerprint density at radius 1 is 1.05 bits per heavy atom. The van der Waals surface area contributed by atoms with Crippen molar-refractivity contribution in [3.8, 4) is 11.5 Å². The van der Waals surface area contributed by atoms with E-state index in [1.165, 1.54) is 35.6 Å². The Morgan fingerprint density at radius 2 is 1.74 bits per heavy atom. The highest BCUT2D eigenvalue weighted by Crippen LogP contribution is 2.57. The molecule has 2 saturated carbocycles. The number of phenols is 1. The largest absolute Gasteiger partial charge is 0.506 e. The number of halogens is 2. The summed E-state index contributed by atoms with van der Waals surface area (Å²) in [5, 5.41) is 15.9. The van der Waals surface area contributed by atoms with Gasteiger partial charge in [-0.2, -0.15) is 4.98 Å². The first-order valence-corrected chi connectivity index (χ1v) is 15.0. The summed E-state index contributed by atoms with van der Waals surface area (Å²) in [5.74, 6) is 0.410. The fourth-order valence-corrected chi connectivity index (χ4v) is 5.87. The van der Waals surface area contributed by atoms with Gasteiger partial charge >= 0.3 is 11.4 Å². The minimum Gasteiger partial charge on any atom is -0.506 e. The molecular formula is C30H35Cl2N5O5. The topological polar surface area (TPSA) is 127 Å². The minimum absolute atomic E-state index is 0.0491. The summed E-state index contributed by atoms with van der Waals surface area (Å²) in [6.45, 7) is 4.07. The maximum Gasteiger partial charge on any atom is 0.354 e. The van der Waals surface area contributed by atoms with Crippen LogP contribution in [-0.4, -0.2) is 31.2 Å². The number of hydrogen-bond donors (Lipinski definition) is 3. The predicted molar refractivity (Wildman–Crippen MR) is 163 cm³/mol. The number of carbonyl (C=O) groups is 1. The minimum atomic E-state index is -0.759. The zero-order chi connectivity index (χ0) is 30.0. The second-order valence-corrected chi connectivity index (χ2v) is 12.4. The van der Waals surface area contributed by atoms with Crippen molar-refractivity contribution in [3.05, 3.63) is 67.4 Å². The maximum atomic E-state index is 13.7. The van der Waals surface area contributed by atoms with Gasteiger partial charge in [-0.05, 0) is 100 Å². The molecule has 3 aromatic rings. The van der Waals surface area contributed by atoms with Gasteiger partial charge in [0, 0.05) is 30.9 Å². The molecule has 0 bridgehead atoms. The lowest BCUT2D eigenvalue weighted by Crippen LogP contribution is -2.44. The standard InChI is InChI=1S/C30H35Cl2N5O5/c1-18(2)42-25-6-4-21(16-23(25)32)34-27-35-28(40)36(14-9-26(39)33-20-3-5-24(38)22(31)15-20)29(41)37(27)17-19-7-10-30(11-8-19)12-13-30/h3-6,15-16,18-19,38H,7-14,17H2,1-2H3,(H,33,39)(H,34,35,40). The number of anilines is 3. The fourth-order valence-electron chi connectivity index (χ4n) is 5.47. The van der Waals surface area contributed by atoms with E-state index in [1.807, 2.05) is 13.8 Å². The summed E-state index contributed by atoms with van der Waals surface area (Å²) in [6.07, 6.45) is 6.70. The lowest BCUT2D eigenvalue weighted by Gasteiger charge is -2.29. The van der Waals surface area contributed by atoms with Gasteiger partial charge in [0.2, 0.25) is 11.9 Å². The molecule has 12 heteroatoms. The predicted octanol–water partition coefficient (Wildman–Crippen LogP) is 5.95. The van der Waals surface area contributed by atoms with E-state index in [4.69, 9.17) is 27.9 Å². The molecule has 1 amide bonds. The fraction of sp³-hybridized carbons (Fsp3) is 0.467. The van der Waals surface area contributed by atoms with E-state index in [2.05, 4.69) is 15.6 Å². The molecule has 0 saturated heterocycles. The first-order valence-electron chi connectivity index (χ1n) is 14.3. The van der Waals surface area contributed by atoms with E-state index in [1.54, 1.807) is 18.2 Å². The van der Waals surface area contributed by atoms with Crippen molar-refractivity contribution in [2.24, 2.45) is 11.3 Å². The maximum absolute atomic E-state index is 13.7. The van der Waals surface area contributed by atoms with E-state index < -0.39 is 17.3 Å². The van der Waals surface area contributed by atoms with E-state index in [0.29, 0.717) is 34.1 Å². The number of phenolic OH excluding ortho intramolecular Hbond substituents is 1. The smallest absolute Gasteiger partial charge is 0.354 e. The van der Waals surface area contributed by atoms with Gasteiger partial charge in [-0.1, -0.05) is 23.2 Å². The van der Waals surface area contributed by atoms with E-state index in [-0.39, 0.29) is 41.7 Å². The summed E-state index contributed by atoms with van der Waals surface area (Å²) in [7, 11) is 0. The van der Waals surface area contributed by atoms with Crippen LogP contribution < -0.4 is 26.7 Å². The van der Waals surface area contributed by atoms with Gasteiger partial charge in [-0.15, -0.1) is 0 Å². The number of ether oxygens (including phenoxy) is 1. The molecule has 42 heavy (non-hydrogen) atoms. The first kappa shape index (κ1) is 30.0. The molecule has 2 aliphatic carbocycles. The normalized spacial score (nSPS) is 16.0. The van der Waals surface area contributed by atoms with Crippen molar-refractivity contribution in [3.63, 3.8) is 0 Å². The van der Waals surface area contributed by atoms with Crippen LogP contribution in [-0.2, 0) is 17.9 Å². The van der Waals surface area contributed by atoms with Crippen molar-refractivity contribution in [2.75, 3.05) is 10.6 Å². The van der Waals surface area contributed by atoms with Gasteiger partial charge in [-0.25, -0.2) is 14.2 Å². The number of hydrogen-bond acceptors (Lipinski definition) is 7. The summed E-state index contributed by atoms with van der Waals surface area (Å²) in [5.41, 5.74) is 0.160. The highest BCUT2D eigenvalue weighted by atomic mass is 35.5. The Labute approximate surface area is 253 Å². The number of rotatable bonds is 10. The number of nitrogens with one attached hydrogen (secondary N) is 2. The van der Waals surface area contributed by atoms with E-state index in [0.717, 1.165) is 30.3 Å². The second kappa shape index (κ2) is 12.4. The summed E-state index contributed by atoms with van der Waals surface area (Å²) >= 11 is 12.3. The van der Waals surface area contributed by atoms with Crippen LogP contribution in [0.5, 0.6) is 11.5 Å². The average Bonchev–Trinajstić information content (AvgIpc) is 3.69. The number of aromatic nitrogens is 3. The van der Waals surface area contributed by atoms with Crippen LogP contribution >= 0.6 is 23.2 Å². The van der Waals surface area contributed by atoms with Crippen molar-refractivity contribution < 1.29 is 14.6 Å². The number of aromatic hydroxyl groups is 1. The average molecular weight is 617 g/mol. The van der Waals surface area contributed by atoms with Gasteiger partial charge in [0.1, 0.15) is 11.5 Å². The van der Waals surface area contributed by atoms with Crippen molar-refractivity contribution in [2.45, 2.75) is 78.0 Å². The molecule has 1 aromatic heterocycles. The highest BCUT2D eigenvalue weighted by Gasteiger charge is 2.44. The van der Waals surface area contributed by atoms with Crippen LogP contribution in [0.4, 0.5) is 17.3 Å². The Hall–Kier alpha value is -3.50. The molecule has 2 aliphatic rings. The van der Waals surface area contributed by atoms with Gasteiger partial charge < -0.3 is 20.5 Å². The monoisotopic (exact) mass is 615 g/mol. The van der Waals surface area contributed by atoms with Gasteiger partial charge in [0.25, 0.3) is 0 Å². The van der Waals surface area contributed by atoms with Crippen LogP contribution in [0.2, 0.25) is 10.0 Å². The Kier molecular flexibility index (Phi) is 8.84. The Morgan fingerprint density at radius 3 is 2.38 bits per heavy atom. The molecule has 0 unspecified atom stereocenters. The van der Waals surface area contributed by atoms with Crippen LogP contribution in [0.1, 0.15) is 58.8 Å². The zero-order valence-corrected chi connectivity index (χ0v) is 25.2. The molecule has 10 nitrogen and oxygen atoms in total. The van der Waals surface area contributed by atoms with Gasteiger partial charge in [0.05, 0.1) is 16.1 Å². The number of carbonyl (C=O) groups excluding carboxylic acids is 1. The van der Waals surface area contributed by atoms with E-state index >= 15 is 0 Å². The zero-order valence-electron chi connectivity index (χ0n) is 23.7. The van der Waals surface area contributed by atoms with Crippen LogP contribution in [0.3, 0.4) is 0 Å². The number of amides is 1. The first-order chi connectivity index (χ1) is 20.0. The molecule has 3 N–H and O–H groups in total. The molecule has 0 aliphatic heterocycles. The molecule has 224 valence electrons. The molecule has 0 atom stereocenters. The molecule has 1 spiro atoms. The molecule has 0 radical (unpaired) electrons. The third kappa shape index (κ3) is 7.10. The molecule has 2 aromatic carbocycles. The summed E-state index contributed by atoms with van der Waals surface area (Å²) in [6, 6.07) is 9.43. The van der Waals surface area contributed by atoms with Crippen molar-refractivity contribution in [1.82, 2.24) is 14.1 Å². The van der Waals surface area contributed by atoms with Gasteiger partial charge in [-0.3, -0.25) is 9.36 Å². The van der Waals surface area contributed by atoms with Gasteiger partial charge in [0.15, 0.2) is 0 Å². The summed E-state index contributed by atoms with van der Waals surface area (Å²) < 4.78 is 8.20. The number of nitrogens with zero attached hydrogens (tertiary/aromatic N) is 3. The Bertz CT molecular complexity index is 1590. The van der Waals surface area contributed by atoms with Crippen LogP contribution in [0.15, 0.2) is 46.0 Å².